The average molecular weight is 293 g/mol. The second-order valence-corrected chi connectivity index (χ2v) is 7.44. The van der Waals surface area contributed by atoms with E-state index in [0.29, 0.717) is 18.9 Å². The first kappa shape index (κ1) is 16.2. The fourth-order valence-electron chi connectivity index (χ4n) is 2.66. The minimum Gasteiger partial charge on any atom is -0.465 e. The lowest BCUT2D eigenvalue weighted by molar-refractivity contribution is 0.117. The van der Waals surface area contributed by atoms with Crippen LogP contribution in [0, 0.1) is 5.92 Å². The maximum absolute atomic E-state index is 11.1. The van der Waals surface area contributed by atoms with Gasteiger partial charge in [0.05, 0.1) is 12.9 Å². The second-order valence-electron chi connectivity index (χ2n) is 5.80. The topological polar surface area (TPSA) is 83.9 Å². The van der Waals surface area contributed by atoms with Gasteiger partial charge in [0.1, 0.15) is 0 Å². The zero-order valence-electron chi connectivity index (χ0n) is 11.8. The molecule has 1 heterocycles. The SMILES string of the molecule is CC1(C)C[C@H](CCCCOS(C)(=O)=O)CN1C(=O)O. The number of carboxylic acid groups (broad SMARTS) is 1. The molecule has 1 saturated heterocycles. The number of hydrogen-bond acceptors (Lipinski definition) is 4. The van der Waals surface area contributed by atoms with Crippen LogP contribution in [0.15, 0.2) is 0 Å². The predicted molar refractivity (Wildman–Crippen MR) is 71.6 cm³/mol. The number of amides is 1. The van der Waals surface area contributed by atoms with E-state index in [2.05, 4.69) is 4.18 Å². The van der Waals surface area contributed by atoms with Crippen molar-refractivity contribution in [2.45, 2.75) is 45.1 Å². The summed E-state index contributed by atoms with van der Waals surface area (Å²) in [6, 6.07) is 0. The summed E-state index contributed by atoms with van der Waals surface area (Å²) in [5.41, 5.74) is -0.306. The van der Waals surface area contributed by atoms with Crippen molar-refractivity contribution in [2.75, 3.05) is 19.4 Å². The molecule has 6 nitrogen and oxygen atoms in total. The van der Waals surface area contributed by atoms with Crippen molar-refractivity contribution in [3.05, 3.63) is 0 Å². The molecule has 0 saturated carbocycles. The molecule has 0 aromatic carbocycles. The van der Waals surface area contributed by atoms with Gasteiger partial charge in [-0.1, -0.05) is 6.42 Å². The van der Waals surface area contributed by atoms with Gasteiger partial charge < -0.3 is 10.0 Å². The Morgan fingerprint density at radius 3 is 2.53 bits per heavy atom. The predicted octanol–water partition coefficient (Wildman–Crippen LogP) is 1.91. The van der Waals surface area contributed by atoms with Crippen LogP contribution in [-0.4, -0.2) is 49.5 Å². The highest BCUT2D eigenvalue weighted by Gasteiger charge is 2.40. The molecular weight excluding hydrogens is 270 g/mol. The van der Waals surface area contributed by atoms with E-state index in [1.807, 2.05) is 13.8 Å². The zero-order chi connectivity index (χ0) is 14.7. The fourth-order valence-corrected chi connectivity index (χ4v) is 3.08. The Morgan fingerprint density at radius 2 is 2.05 bits per heavy atom. The molecule has 0 aromatic rings. The fraction of sp³-hybridized carbons (Fsp3) is 0.917. The molecule has 1 atom stereocenters. The van der Waals surface area contributed by atoms with E-state index < -0.39 is 16.2 Å². The van der Waals surface area contributed by atoms with Crippen molar-refractivity contribution in [1.82, 2.24) is 4.90 Å². The smallest absolute Gasteiger partial charge is 0.407 e. The number of carbonyl (C=O) groups is 1. The minimum atomic E-state index is -3.35. The summed E-state index contributed by atoms with van der Waals surface area (Å²) in [5.74, 6) is 0.351. The third-order valence-electron chi connectivity index (χ3n) is 3.49. The average Bonchev–Trinajstić information content (AvgIpc) is 2.51. The van der Waals surface area contributed by atoms with E-state index in [0.717, 1.165) is 25.5 Å². The molecule has 1 amide bonds. The monoisotopic (exact) mass is 293 g/mol. The van der Waals surface area contributed by atoms with Crippen molar-refractivity contribution in [3.63, 3.8) is 0 Å². The first-order valence-corrected chi connectivity index (χ1v) is 8.28. The van der Waals surface area contributed by atoms with Gasteiger partial charge in [0, 0.05) is 12.1 Å². The van der Waals surface area contributed by atoms with Crippen LogP contribution in [-0.2, 0) is 14.3 Å². The number of nitrogens with zero attached hydrogens (tertiary/aromatic N) is 1. The minimum absolute atomic E-state index is 0.206. The lowest BCUT2D eigenvalue weighted by Gasteiger charge is -2.28. The molecule has 7 heteroatoms. The molecule has 19 heavy (non-hydrogen) atoms. The summed E-state index contributed by atoms with van der Waals surface area (Å²) >= 11 is 0. The normalized spacial score (nSPS) is 22.7. The van der Waals surface area contributed by atoms with E-state index in [-0.39, 0.29) is 12.1 Å². The largest absolute Gasteiger partial charge is 0.465 e. The first-order chi connectivity index (χ1) is 8.62. The highest BCUT2D eigenvalue weighted by Crippen LogP contribution is 2.35. The Labute approximate surface area is 114 Å². The van der Waals surface area contributed by atoms with E-state index in [4.69, 9.17) is 5.11 Å². The van der Waals surface area contributed by atoms with Crippen LogP contribution < -0.4 is 0 Å². The molecule has 0 aromatic heterocycles. The van der Waals surface area contributed by atoms with Gasteiger partial charge in [-0.2, -0.15) is 8.42 Å². The Morgan fingerprint density at radius 1 is 1.42 bits per heavy atom. The van der Waals surface area contributed by atoms with Gasteiger partial charge in [0.25, 0.3) is 10.1 Å². The van der Waals surface area contributed by atoms with E-state index in [1.165, 1.54) is 4.90 Å². The van der Waals surface area contributed by atoms with Crippen LogP contribution in [0.2, 0.25) is 0 Å². The third kappa shape index (κ3) is 5.36. The molecule has 1 aliphatic rings. The van der Waals surface area contributed by atoms with Crippen molar-refractivity contribution >= 4 is 16.2 Å². The van der Waals surface area contributed by atoms with Crippen LogP contribution in [0.25, 0.3) is 0 Å². The Bertz CT molecular complexity index is 418. The molecule has 1 rings (SSSR count). The van der Waals surface area contributed by atoms with Gasteiger partial charge in [-0.05, 0) is 39.0 Å². The number of likely N-dealkylation sites (tertiary alicyclic amines) is 1. The van der Waals surface area contributed by atoms with Crippen LogP contribution in [0.4, 0.5) is 4.79 Å². The van der Waals surface area contributed by atoms with Gasteiger partial charge in [-0.15, -0.1) is 0 Å². The first-order valence-electron chi connectivity index (χ1n) is 6.47. The van der Waals surface area contributed by atoms with E-state index >= 15 is 0 Å². The molecule has 0 unspecified atom stereocenters. The van der Waals surface area contributed by atoms with Gasteiger partial charge in [0.15, 0.2) is 0 Å². The molecule has 0 bridgehead atoms. The quantitative estimate of drug-likeness (QED) is 0.597. The van der Waals surface area contributed by atoms with Crippen molar-refractivity contribution in [1.29, 1.82) is 0 Å². The zero-order valence-corrected chi connectivity index (χ0v) is 12.6. The second kappa shape index (κ2) is 6.09. The lowest BCUT2D eigenvalue weighted by atomic mass is 9.93. The molecular formula is C12H23NO5S. The Kier molecular flexibility index (Phi) is 5.20. The van der Waals surface area contributed by atoms with Crippen LogP contribution >= 0.6 is 0 Å². The lowest BCUT2D eigenvalue weighted by Crippen LogP contribution is -2.41. The standard InChI is InChI=1S/C12H23NO5S/c1-12(2)8-10(9-13(12)11(14)15)6-4-5-7-18-19(3,16)17/h10H,4-9H2,1-3H3,(H,14,15)/t10-/m0/s1. The molecule has 0 spiro atoms. The Balaban J connectivity index is 2.27. The summed E-state index contributed by atoms with van der Waals surface area (Å²) in [6.45, 7) is 4.65. The third-order valence-corrected chi connectivity index (χ3v) is 4.09. The highest BCUT2D eigenvalue weighted by atomic mass is 32.2. The molecule has 0 aliphatic carbocycles. The Hall–Kier alpha value is -0.820. The number of hydrogen-bond donors (Lipinski definition) is 1. The van der Waals surface area contributed by atoms with Gasteiger partial charge in [-0.3, -0.25) is 4.18 Å². The van der Waals surface area contributed by atoms with Crippen molar-refractivity contribution < 1.29 is 22.5 Å². The highest BCUT2D eigenvalue weighted by molar-refractivity contribution is 7.85. The summed E-state index contributed by atoms with van der Waals surface area (Å²) in [4.78, 5) is 12.6. The van der Waals surface area contributed by atoms with Crippen LogP contribution in [0.1, 0.15) is 39.5 Å². The summed E-state index contributed by atoms with van der Waals surface area (Å²) in [7, 11) is -3.35. The van der Waals surface area contributed by atoms with Gasteiger partial charge in [0.2, 0.25) is 0 Å². The number of rotatable bonds is 6. The number of unbranched alkanes of at least 4 members (excludes halogenated alkanes) is 1. The molecule has 1 N–H and O–H groups in total. The molecule has 112 valence electrons. The van der Waals surface area contributed by atoms with E-state index in [1.54, 1.807) is 0 Å². The van der Waals surface area contributed by atoms with Crippen molar-refractivity contribution in [2.24, 2.45) is 5.92 Å². The summed E-state index contributed by atoms with van der Waals surface area (Å²) in [6.07, 6.45) is 3.46. The molecule has 1 fully saturated rings. The van der Waals surface area contributed by atoms with E-state index in [9.17, 15) is 13.2 Å². The van der Waals surface area contributed by atoms with Crippen LogP contribution in [0.5, 0.6) is 0 Å². The summed E-state index contributed by atoms with van der Waals surface area (Å²) < 4.78 is 26.2. The summed E-state index contributed by atoms with van der Waals surface area (Å²) in [5, 5.41) is 9.11. The van der Waals surface area contributed by atoms with Crippen molar-refractivity contribution in [3.8, 4) is 0 Å². The molecule has 1 aliphatic heterocycles. The maximum atomic E-state index is 11.1. The molecule has 0 radical (unpaired) electrons. The maximum Gasteiger partial charge on any atom is 0.407 e. The van der Waals surface area contributed by atoms with Gasteiger partial charge >= 0.3 is 6.09 Å². The van der Waals surface area contributed by atoms with Gasteiger partial charge in [-0.25, -0.2) is 4.79 Å². The van der Waals surface area contributed by atoms with Crippen LogP contribution in [0.3, 0.4) is 0 Å².